The second-order valence-corrected chi connectivity index (χ2v) is 6.17. The molecule has 0 amide bonds. The summed E-state index contributed by atoms with van der Waals surface area (Å²) in [6.07, 6.45) is 0. The fourth-order valence-electron chi connectivity index (χ4n) is 1.90. The van der Waals surface area contributed by atoms with Crippen LogP contribution in [0.3, 0.4) is 0 Å². The summed E-state index contributed by atoms with van der Waals surface area (Å²) in [5.74, 6) is 0.549. The molecule has 8 heteroatoms. The lowest BCUT2D eigenvalue weighted by Crippen LogP contribution is -2.35. The van der Waals surface area contributed by atoms with E-state index >= 15 is 0 Å². The number of sulfonamides is 1. The average Bonchev–Trinajstić information content (AvgIpc) is 2.45. The standard InChI is InChI=1S/C13H21NO6S/c1-9(8-18-2)14-21(16,17)11-5-10(7-15)13(20-4)12(6-11)19-3/h5-6,9,14-15H,7-8H2,1-4H3. The van der Waals surface area contributed by atoms with Crippen molar-refractivity contribution in [3.63, 3.8) is 0 Å². The van der Waals surface area contributed by atoms with Gasteiger partial charge in [-0.2, -0.15) is 0 Å². The number of aliphatic hydroxyl groups excluding tert-OH is 1. The Labute approximate surface area is 124 Å². The van der Waals surface area contributed by atoms with Gasteiger partial charge >= 0.3 is 0 Å². The number of rotatable bonds is 8. The molecule has 0 fully saturated rings. The van der Waals surface area contributed by atoms with Gasteiger partial charge < -0.3 is 19.3 Å². The lowest BCUT2D eigenvalue weighted by molar-refractivity contribution is 0.180. The van der Waals surface area contributed by atoms with Gasteiger partial charge in [-0.1, -0.05) is 0 Å². The summed E-state index contributed by atoms with van der Waals surface area (Å²) in [7, 11) is 0.563. The minimum Gasteiger partial charge on any atom is -0.493 e. The molecule has 0 radical (unpaired) electrons. The van der Waals surface area contributed by atoms with Gasteiger partial charge in [0, 0.05) is 24.8 Å². The Balaban J connectivity index is 3.23. The van der Waals surface area contributed by atoms with Gasteiger partial charge in [0.05, 0.1) is 32.3 Å². The summed E-state index contributed by atoms with van der Waals surface area (Å²) >= 11 is 0. The van der Waals surface area contributed by atoms with Crippen molar-refractivity contribution < 1.29 is 27.7 Å². The van der Waals surface area contributed by atoms with E-state index in [9.17, 15) is 13.5 Å². The van der Waals surface area contributed by atoms with E-state index in [0.717, 1.165) is 0 Å². The van der Waals surface area contributed by atoms with E-state index in [-0.39, 0.29) is 29.9 Å². The number of aliphatic hydroxyl groups is 1. The van der Waals surface area contributed by atoms with Crippen LogP contribution in [0.25, 0.3) is 0 Å². The molecular formula is C13H21NO6S. The molecule has 21 heavy (non-hydrogen) atoms. The second kappa shape index (κ2) is 7.60. The maximum Gasteiger partial charge on any atom is 0.241 e. The minimum atomic E-state index is -3.75. The van der Waals surface area contributed by atoms with Gasteiger partial charge in [0.15, 0.2) is 11.5 Å². The largest absolute Gasteiger partial charge is 0.493 e. The van der Waals surface area contributed by atoms with Crippen LogP contribution >= 0.6 is 0 Å². The van der Waals surface area contributed by atoms with Crippen molar-refractivity contribution in [2.75, 3.05) is 27.9 Å². The number of ether oxygens (including phenoxy) is 3. The van der Waals surface area contributed by atoms with Crippen LogP contribution in [0, 0.1) is 0 Å². The van der Waals surface area contributed by atoms with Crippen LogP contribution in [0.2, 0.25) is 0 Å². The fraction of sp³-hybridized carbons (Fsp3) is 0.538. The van der Waals surface area contributed by atoms with Gasteiger partial charge in [0.1, 0.15) is 0 Å². The molecule has 0 heterocycles. The summed E-state index contributed by atoms with van der Waals surface area (Å²) in [5, 5.41) is 9.36. The smallest absolute Gasteiger partial charge is 0.241 e. The molecule has 1 unspecified atom stereocenters. The molecule has 7 nitrogen and oxygen atoms in total. The van der Waals surface area contributed by atoms with Crippen LogP contribution in [-0.2, 0) is 21.4 Å². The van der Waals surface area contributed by atoms with Crippen molar-refractivity contribution >= 4 is 10.0 Å². The quantitative estimate of drug-likeness (QED) is 0.725. The van der Waals surface area contributed by atoms with Crippen molar-refractivity contribution in [1.82, 2.24) is 4.72 Å². The molecule has 0 aliphatic heterocycles. The monoisotopic (exact) mass is 319 g/mol. The Morgan fingerprint density at radius 2 is 1.90 bits per heavy atom. The molecule has 0 spiro atoms. The molecule has 120 valence electrons. The fourth-order valence-corrected chi connectivity index (χ4v) is 3.20. The zero-order valence-electron chi connectivity index (χ0n) is 12.5. The minimum absolute atomic E-state index is 0.00727. The first-order valence-electron chi connectivity index (χ1n) is 6.26. The van der Waals surface area contributed by atoms with Crippen LogP contribution in [0.1, 0.15) is 12.5 Å². The summed E-state index contributed by atoms with van der Waals surface area (Å²) in [5.41, 5.74) is 0.330. The van der Waals surface area contributed by atoms with Crippen LogP contribution in [0.5, 0.6) is 11.5 Å². The molecule has 0 saturated carbocycles. The first-order valence-corrected chi connectivity index (χ1v) is 7.75. The van der Waals surface area contributed by atoms with Crippen molar-refractivity contribution in [2.45, 2.75) is 24.5 Å². The van der Waals surface area contributed by atoms with E-state index in [1.54, 1.807) is 6.92 Å². The number of nitrogens with one attached hydrogen (secondary N) is 1. The van der Waals surface area contributed by atoms with Crippen LogP contribution < -0.4 is 14.2 Å². The number of benzene rings is 1. The Morgan fingerprint density at radius 1 is 1.24 bits per heavy atom. The lowest BCUT2D eigenvalue weighted by Gasteiger charge is -2.16. The third-order valence-corrected chi connectivity index (χ3v) is 4.35. The highest BCUT2D eigenvalue weighted by molar-refractivity contribution is 7.89. The van der Waals surface area contributed by atoms with Crippen molar-refractivity contribution in [1.29, 1.82) is 0 Å². The third kappa shape index (κ3) is 4.31. The van der Waals surface area contributed by atoms with Crippen LogP contribution in [0.4, 0.5) is 0 Å². The molecule has 2 N–H and O–H groups in total. The molecular weight excluding hydrogens is 298 g/mol. The molecule has 0 aromatic heterocycles. The Kier molecular flexibility index (Phi) is 6.41. The summed E-state index contributed by atoms with van der Waals surface area (Å²) < 4.78 is 42.2. The summed E-state index contributed by atoms with van der Waals surface area (Å²) in [6.45, 7) is 1.57. The average molecular weight is 319 g/mol. The molecule has 0 aliphatic rings. The van der Waals surface area contributed by atoms with E-state index in [2.05, 4.69) is 4.72 Å². The van der Waals surface area contributed by atoms with Gasteiger partial charge in [-0.25, -0.2) is 13.1 Å². The summed E-state index contributed by atoms with van der Waals surface area (Å²) in [6, 6.07) is 2.31. The highest BCUT2D eigenvalue weighted by Crippen LogP contribution is 2.34. The molecule has 0 aliphatic carbocycles. The topological polar surface area (TPSA) is 94.1 Å². The zero-order valence-corrected chi connectivity index (χ0v) is 13.4. The summed E-state index contributed by atoms with van der Waals surface area (Å²) in [4.78, 5) is -0.00727. The molecule has 1 rings (SSSR count). The van der Waals surface area contributed by atoms with Crippen LogP contribution in [-0.4, -0.2) is 47.5 Å². The van der Waals surface area contributed by atoms with E-state index in [0.29, 0.717) is 11.3 Å². The van der Waals surface area contributed by atoms with Gasteiger partial charge in [-0.15, -0.1) is 0 Å². The van der Waals surface area contributed by atoms with Crippen LogP contribution in [0.15, 0.2) is 17.0 Å². The predicted molar refractivity (Wildman–Crippen MR) is 77.1 cm³/mol. The highest BCUT2D eigenvalue weighted by Gasteiger charge is 2.22. The SMILES string of the molecule is COCC(C)NS(=O)(=O)c1cc(CO)c(OC)c(OC)c1. The van der Waals surface area contributed by atoms with E-state index in [1.165, 1.54) is 33.5 Å². The number of hydrogen-bond acceptors (Lipinski definition) is 6. The van der Waals surface area contributed by atoms with E-state index in [4.69, 9.17) is 14.2 Å². The van der Waals surface area contributed by atoms with Crippen molar-refractivity contribution in [3.05, 3.63) is 17.7 Å². The van der Waals surface area contributed by atoms with Gasteiger partial charge in [-0.05, 0) is 13.0 Å². The Morgan fingerprint density at radius 3 is 2.38 bits per heavy atom. The normalized spacial score (nSPS) is 13.0. The maximum atomic E-state index is 12.3. The first kappa shape index (κ1) is 17.7. The maximum absolute atomic E-state index is 12.3. The molecule has 1 atom stereocenters. The van der Waals surface area contributed by atoms with Gasteiger partial charge in [0.2, 0.25) is 10.0 Å². The van der Waals surface area contributed by atoms with Crippen molar-refractivity contribution in [3.8, 4) is 11.5 Å². The Bertz CT molecular complexity index is 547. The Hall–Kier alpha value is -1.35. The van der Waals surface area contributed by atoms with Crippen molar-refractivity contribution in [2.24, 2.45) is 0 Å². The molecule has 1 aromatic rings. The third-order valence-electron chi connectivity index (χ3n) is 2.78. The number of methoxy groups -OCH3 is 3. The predicted octanol–water partition coefficient (Wildman–Crippen LogP) is 0.509. The molecule has 1 aromatic carbocycles. The second-order valence-electron chi connectivity index (χ2n) is 4.45. The molecule has 0 bridgehead atoms. The first-order chi connectivity index (χ1) is 9.89. The number of hydrogen-bond donors (Lipinski definition) is 2. The zero-order chi connectivity index (χ0) is 16.0. The van der Waals surface area contributed by atoms with Gasteiger partial charge in [-0.3, -0.25) is 0 Å². The lowest BCUT2D eigenvalue weighted by atomic mass is 10.2. The van der Waals surface area contributed by atoms with E-state index in [1.807, 2.05) is 0 Å². The molecule has 0 saturated heterocycles. The van der Waals surface area contributed by atoms with E-state index < -0.39 is 10.0 Å². The van der Waals surface area contributed by atoms with Gasteiger partial charge in [0.25, 0.3) is 0 Å². The highest BCUT2D eigenvalue weighted by atomic mass is 32.2.